The highest BCUT2D eigenvalue weighted by Gasteiger charge is 2.27. The first kappa shape index (κ1) is 22.2. The van der Waals surface area contributed by atoms with E-state index >= 15 is 0 Å². The first-order valence-corrected chi connectivity index (χ1v) is 8.66. The quantitative estimate of drug-likeness (QED) is 0.828. The molecule has 2 heterocycles. The number of carbonyl (C=O) groups excluding carboxylic acids is 1. The van der Waals surface area contributed by atoms with Crippen LogP contribution >= 0.6 is 24.8 Å². The average molecular weight is 390 g/mol. The van der Waals surface area contributed by atoms with E-state index in [9.17, 15) is 4.79 Å². The van der Waals surface area contributed by atoms with Gasteiger partial charge in [-0.1, -0.05) is 30.3 Å². The number of hydrogen-bond donors (Lipinski definition) is 2. The maximum atomic E-state index is 12.2. The Morgan fingerprint density at radius 1 is 1.24 bits per heavy atom. The fraction of sp³-hybridized carbons (Fsp3) is 0.611. The SMILES string of the molecule is CC(c1ccccc1)N1CCC(NC(=O)C2CNCCO2)CC1.Cl.Cl. The molecule has 2 atom stereocenters. The van der Waals surface area contributed by atoms with Crippen LogP contribution in [-0.4, -0.2) is 55.7 Å². The van der Waals surface area contributed by atoms with Gasteiger partial charge >= 0.3 is 0 Å². The fourth-order valence-electron chi connectivity index (χ4n) is 3.40. The molecule has 25 heavy (non-hydrogen) atoms. The van der Waals surface area contributed by atoms with E-state index in [0.717, 1.165) is 32.5 Å². The van der Waals surface area contributed by atoms with Crippen LogP contribution in [0.4, 0.5) is 0 Å². The van der Waals surface area contributed by atoms with Gasteiger partial charge in [-0.25, -0.2) is 0 Å². The van der Waals surface area contributed by atoms with Gasteiger partial charge in [0, 0.05) is 38.3 Å². The number of hydrogen-bond acceptors (Lipinski definition) is 4. The molecule has 0 bridgehead atoms. The van der Waals surface area contributed by atoms with Gasteiger partial charge in [-0.3, -0.25) is 9.69 Å². The molecule has 0 spiro atoms. The van der Waals surface area contributed by atoms with Crippen LogP contribution in [0.3, 0.4) is 0 Å². The highest BCUT2D eigenvalue weighted by Crippen LogP contribution is 2.24. The number of morpholine rings is 1. The van der Waals surface area contributed by atoms with Crippen LogP contribution in [0, 0.1) is 0 Å². The average Bonchev–Trinajstić information content (AvgIpc) is 2.63. The van der Waals surface area contributed by atoms with Gasteiger partial charge in [0.1, 0.15) is 6.10 Å². The maximum absolute atomic E-state index is 12.2. The largest absolute Gasteiger partial charge is 0.366 e. The summed E-state index contributed by atoms with van der Waals surface area (Å²) < 4.78 is 5.51. The Bertz CT molecular complexity index is 504. The third-order valence-corrected chi connectivity index (χ3v) is 4.93. The lowest BCUT2D eigenvalue weighted by Crippen LogP contribution is -2.52. The molecule has 1 amide bonds. The monoisotopic (exact) mass is 389 g/mol. The molecule has 5 nitrogen and oxygen atoms in total. The van der Waals surface area contributed by atoms with E-state index in [1.54, 1.807) is 0 Å². The standard InChI is InChI=1S/C18H27N3O2.2ClH/c1-14(15-5-3-2-4-6-15)21-10-7-16(8-11-21)20-18(22)17-13-19-9-12-23-17;;/h2-6,14,16-17,19H,7-13H2,1H3,(H,20,22);2*1H. The van der Waals surface area contributed by atoms with E-state index in [4.69, 9.17) is 4.74 Å². The highest BCUT2D eigenvalue weighted by molar-refractivity contribution is 5.85. The second-order valence-electron chi connectivity index (χ2n) is 6.47. The van der Waals surface area contributed by atoms with Gasteiger partial charge in [-0.15, -0.1) is 24.8 Å². The molecule has 2 N–H and O–H groups in total. The first-order valence-electron chi connectivity index (χ1n) is 8.66. The minimum atomic E-state index is -0.329. The molecule has 2 aliphatic heterocycles. The Morgan fingerprint density at radius 2 is 1.92 bits per heavy atom. The summed E-state index contributed by atoms with van der Waals surface area (Å²) >= 11 is 0. The normalized spacial score (nSPS) is 23.0. The maximum Gasteiger partial charge on any atom is 0.250 e. The van der Waals surface area contributed by atoms with Gasteiger partial charge in [0.15, 0.2) is 0 Å². The molecule has 0 aromatic heterocycles. The zero-order valence-electron chi connectivity index (χ0n) is 14.6. The minimum absolute atomic E-state index is 0. The molecule has 2 fully saturated rings. The topological polar surface area (TPSA) is 53.6 Å². The van der Waals surface area contributed by atoms with Crippen LogP contribution in [0.1, 0.15) is 31.4 Å². The summed E-state index contributed by atoms with van der Waals surface area (Å²) in [5, 5.41) is 6.36. The van der Waals surface area contributed by atoms with Gasteiger partial charge in [0.2, 0.25) is 0 Å². The number of rotatable bonds is 4. The van der Waals surface area contributed by atoms with Crippen molar-refractivity contribution in [1.29, 1.82) is 0 Å². The summed E-state index contributed by atoms with van der Waals surface area (Å²) in [5.41, 5.74) is 1.36. The Hall–Kier alpha value is -0.850. The summed E-state index contributed by atoms with van der Waals surface area (Å²) in [6.07, 6.45) is 1.68. The van der Waals surface area contributed by atoms with Crippen molar-refractivity contribution in [3.05, 3.63) is 35.9 Å². The second kappa shape index (κ2) is 11.0. The molecule has 0 saturated carbocycles. The molecule has 1 aromatic carbocycles. The molecular weight excluding hydrogens is 361 g/mol. The van der Waals surface area contributed by atoms with Crippen molar-refractivity contribution in [2.45, 2.75) is 38.0 Å². The van der Waals surface area contributed by atoms with E-state index < -0.39 is 0 Å². The van der Waals surface area contributed by atoms with Crippen LogP contribution in [0.5, 0.6) is 0 Å². The van der Waals surface area contributed by atoms with Gasteiger partial charge in [0.05, 0.1) is 6.61 Å². The summed E-state index contributed by atoms with van der Waals surface area (Å²) in [6, 6.07) is 11.3. The van der Waals surface area contributed by atoms with Gasteiger partial charge in [-0.05, 0) is 25.3 Å². The van der Waals surface area contributed by atoms with E-state index in [-0.39, 0.29) is 42.9 Å². The zero-order chi connectivity index (χ0) is 16.1. The van der Waals surface area contributed by atoms with Crippen molar-refractivity contribution in [2.24, 2.45) is 0 Å². The number of amides is 1. The molecule has 0 radical (unpaired) electrons. The van der Waals surface area contributed by atoms with Crippen LogP contribution < -0.4 is 10.6 Å². The third kappa shape index (κ3) is 6.12. The third-order valence-electron chi connectivity index (χ3n) is 4.93. The number of carbonyl (C=O) groups is 1. The number of piperidine rings is 1. The molecule has 2 saturated heterocycles. The molecule has 1 aromatic rings. The van der Waals surface area contributed by atoms with Crippen molar-refractivity contribution >= 4 is 30.7 Å². The second-order valence-corrected chi connectivity index (χ2v) is 6.47. The molecule has 2 unspecified atom stereocenters. The van der Waals surface area contributed by atoms with Gasteiger partial charge < -0.3 is 15.4 Å². The highest BCUT2D eigenvalue weighted by atomic mass is 35.5. The van der Waals surface area contributed by atoms with Gasteiger partial charge in [0.25, 0.3) is 5.91 Å². The first-order chi connectivity index (χ1) is 11.2. The minimum Gasteiger partial charge on any atom is -0.366 e. The number of likely N-dealkylation sites (tertiary alicyclic amines) is 1. The summed E-state index contributed by atoms with van der Waals surface area (Å²) in [6.45, 7) is 6.37. The van der Waals surface area contributed by atoms with Crippen LogP contribution in [-0.2, 0) is 9.53 Å². The van der Waals surface area contributed by atoms with Crippen molar-refractivity contribution in [1.82, 2.24) is 15.5 Å². The Balaban J connectivity index is 0.00000156. The summed E-state index contributed by atoms with van der Waals surface area (Å²) in [5.74, 6) is 0.0340. The van der Waals surface area contributed by atoms with Crippen LogP contribution in [0.15, 0.2) is 30.3 Å². The number of nitrogens with one attached hydrogen (secondary N) is 2. The van der Waals surface area contributed by atoms with Gasteiger partial charge in [-0.2, -0.15) is 0 Å². The lowest BCUT2D eigenvalue weighted by atomic mass is 10.00. The lowest BCUT2D eigenvalue weighted by Gasteiger charge is -2.37. The fourth-order valence-corrected chi connectivity index (χ4v) is 3.40. The number of nitrogens with zero attached hydrogens (tertiary/aromatic N) is 1. The van der Waals surface area contributed by atoms with E-state index in [0.29, 0.717) is 19.2 Å². The zero-order valence-corrected chi connectivity index (χ0v) is 16.3. The predicted molar refractivity (Wildman–Crippen MR) is 105 cm³/mol. The molecule has 3 rings (SSSR count). The summed E-state index contributed by atoms with van der Waals surface area (Å²) in [7, 11) is 0. The molecular formula is C18H29Cl2N3O2. The number of ether oxygens (including phenoxy) is 1. The summed E-state index contributed by atoms with van der Waals surface area (Å²) in [4.78, 5) is 14.7. The smallest absolute Gasteiger partial charge is 0.250 e. The Labute approximate surface area is 162 Å². The van der Waals surface area contributed by atoms with E-state index in [2.05, 4.69) is 52.8 Å². The Kier molecular flexibility index (Phi) is 9.75. The van der Waals surface area contributed by atoms with E-state index in [1.807, 2.05) is 0 Å². The van der Waals surface area contributed by atoms with Crippen LogP contribution in [0.2, 0.25) is 0 Å². The molecule has 0 aliphatic carbocycles. The lowest BCUT2D eigenvalue weighted by molar-refractivity contribution is -0.135. The molecule has 7 heteroatoms. The Morgan fingerprint density at radius 3 is 2.52 bits per heavy atom. The van der Waals surface area contributed by atoms with Crippen molar-refractivity contribution in [3.8, 4) is 0 Å². The number of benzene rings is 1. The van der Waals surface area contributed by atoms with Crippen molar-refractivity contribution in [2.75, 3.05) is 32.8 Å². The molecule has 142 valence electrons. The van der Waals surface area contributed by atoms with Crippen molar-refractivity contribution in [3.63, 3.8) is 0 Å². The van der Waals surface area contributed by atoms with Crippen molar-refractivity contribution < 1.29 is 9.53 Å². The molecule has 2 aliphatic rings. The van der Waals surface area contributed by atoms with E-state index in [1.165, 1.54) is 5.56 Å². The van der Waals surface area contributed by atoms with Crippen LogP contribution in [0.25, 0.3) is 0 Å². The number of halogens is 2. The predicted octanol–water partition coefficient (Wildman–Crippen LogP) is 2.16.